The van der Waals surface area contributed by atoms with Gasteiger partial charge in [0.2, 0.25) is 0 Å². The Morgan fingerprint density at radius 3 is 2.59 bits per heavy atom. The molecule has 2 rings (SSSR count). The number of benzene rings is 1. The van der Waals surface area contributed by atoms with Crippen LogP contribution in [0.4, 0.5) is 4.39 Å². The van der Waals surface area contributed by atoms with Crippen LogP contribution in [0, 0.1) is 12.7 Å². The summed E-state index contributed by atoms with van der Waals surface area (Å²) in [4.78, 5) is 4.10. The summed E-state index contributed by atoms with van der Waals surface area (Å²) >= 11 is 0. The van der Waals surface area contributed by atoms with Crippen molar-refractivity contribution >= 4 is 0 Å². The summed E-state index contributed by atoms with van der Waals surface area (Å²) in [6.07, 6.45) is 1.62. The minimum absolute atomic E-state index is 0.291. The number of aliphatic hydroxyl groups is 1. The van der Waals surface area contributed by atoms with Crippen LogP contribution in [0.5, 0.6) is 0 Å². The lowest BCUT2D eigenvalue weighted by Crippen LogP contribution is -2.02. The summed E-state index contributed by atoms with van der Waals surface area (Å²) in [5.74, 6) is -0.291. The predicted molar refractivity (Wildman–Crippen MR) is 64.0 cm³/mol. The lowest BCUT2D eigenvalue weighted by Gasteiger charge is -2.11. The summed E-state index contributed by atoms with van der Waals surface area (Å²) in [5, 5.41) is 10.0. The number of aromatic nitrogens is 1. The van der Waals surface area contributed by atoms with E-state index in [0.29, 0.717) is 6.42 Å². The maximum absolute atomic E-state index is 12.7. The number of pyridine rings is 1. The Morgan fingerprint density at radius 2 is 1.94 bits per heavy atom. The molecule has 0 fully saturated rings. The minimum Gasteiger partial charge on any atom is -0.388 e. The summed E-state index contributed by atoms with van der Waals surface area (Å²) in [6.45, 7) is 1.91. The number of rotatable bonds is 3. The van der Waals surface area contributed by atoms with Crippen molar-refractivity contribution in [1.29, 1.82) is 0 Å². The first kappa shape index (κ1) is 11.7. The molecule has 0 saturated carbocycles. The normalized spacial score (nSPS) is 12.4. The van der Waals surface area contributed by atoms with Crippen molar-refractivity contribution in [3.05, 3.63) is 65.2 Å². The molecule has 0 amide bonds. The zero-order valence-electron chi connectivity index (χ0n) is 9.60. The van der Waals surface area contributed by atoms with Gasteiger partial charge in [-0.05, 0) is 42.3 Å². The van der Waals surface area contributed by atoms with Gasteiger partial charge in [-0.1, -0.05) is 12.1 Å². The van der Waals surface area contributed by atoms with Gasteiger partial charge in [-0.25, -0.2) is 4.39 Å². The molecule has 17 heavy (non-hydrogen) atoms. The van der Waals surface area contributed by atoms with E-state index in [2.05, 4.69) is 4.98 Å². The van der Waals surface area contributed by atoms with Crippen LogP contribution < -0.4 is 0 Å². The molecule has 1 unspecified atom stereocenters. The van der Waals surface area contributed by atoms with E-state index >= 15 is 0 Å². The monoisotopic (exact) mass is 231 g/mol. The molecule has 0 radical (unpaired) electrons. The molecule has 0 spiro atoms. The van der Waals surface area contributed by atoms with E-state index in [4.69, 9.17) is 0 Å². The third-order valence-electron chi connectivity index (χ3n) is 2.64. The zero-order valence-corrected chi connectivity index (χ0v) is 9.60. The van der Waals surface area contributed by atoms with Gasteiger partial charge in [-0.3, -0.25) is 4.98 Å². The molecule has 0 aliphatic carbocycles. The maximum atomic E-state index is 12.7. The first-order chi connectivity index (χ1) is 8.15. The van der Waals surface area contributed by atoms with Crippen LogP contribution in [0.3, 0.4) is 0 Å². The van der Waals surface area contributed by atoms with E-state index in [1.807, 2.05) is 19.1 Å². The minimum atomic E-state index is -0.614. The third kappa shape index (κ3) is 3.11. The molecule has 2 aromatic rings. The molecule has 0 aliphatic heterocycles. The van der Waals surface area contributed by atoms with Crippen LogP contribution >= 0.6 is 0 Å². The van der Waals surface area contributed by atoms with Crippen molar-refractivity contribution in [1.82, 2.24) is 4.98 Å². The van der Waals surface area contributed by atoms with Crippen LogP contribution in [-0.4, -0.2) is 10.1 Å². The number of nitrogens with zero attached hydrogens (tertiary/aromatic N) is 1. The van der Waals surface area contributed by atoms with E-state index < -0.39 is 6.10 Å². The second-order valence-corrected chi connectivity index (χ2v) is 4.08. The van der Waals surface area contributed by atoms with E-state index in [-0.39, 0.29) is 5.82 Å². The fourth-order valence-electron chi connectivity index (χ4n) is 1.76. The first-order valence-electron chi connectivity index (χ1n) is 5.50. The fourth-order valence-corrected chi connectivity index (χ4v) is 1.76. The van der Waals surface area contributed by atoms with E-state index in [1.165, 1.54) is 12.1 Å². The van der Waals surface area contributed by atoms with Gasteiger partial charge < -0.3 is 5.11 Å². The molecule has 0 bridgehead atoms. The Labute approximate surface area is 99.8 Å². The Hall–Kier alpha value is -1.74. The Bertz CT molecular complexity index is 496. The highest BCUT2D eigenvalue weighted by atomic mass is 19.1. The lowest BCUT2D eigenvalue weighted by molar-refractivity contribution is 0.178. The van der Waals surface area contributed by atoms with Gasteiger partial charge in [-0.15, -0.1) is 0 Å². The molecular weight excluding hydrogens is 217 g/mol. The maximum Gasteiger partial charge on any atom is 0.123 e. The van der Waals surface area contributed by atoms with E-state index in [0.717, 1.165) is 16.8 Å². The lowest BCUT2D eigenvalue weighted by atomic mass is 10.0. The summed E-state index contributed by atoms with van der Waals surface area (Å²) in [7, 11) is 0. The molecular formula is C14H14FNO. The van der Waals surface area contributed by atoms with Crippen molar-refractivity contribution in [2.75, 3.05) is 0 Å². The van der Waals surface area contributed by atoms with Crippen molar-refractivity contribution in [2.24, 2.45) is 0 Å². The second-order valence-electron chi connectivity index (χ2n) is 4.08. The van der Waals surface area contributed by atoms with E-state index in [1.54, 1.807) is 18.3 Å². The SMILES string of the molecule is Cc1cc(CC(O)c2ccc(F)cc2)ccn1. The van der Waals surface area contributed by atoms with Crippen molar-refractivity contribution < 1.29 is 9.50 Å². The first-order valence-corrected chi connectivity index (χ1v) is 5.50. The average Bonchev–Trinajstić information content (AvgIpc) is 2.29. The Kier molecular flexibility index (Phi) is 3.49. The topological polar surface area (TPSA) is 33.1 Å². The average molecular weight is 231 g/mol. The fraction of sp³-hybridized carbons (Fsp3) is 0.214. The molecule has 1 aromatic heterocycles. The number of halogens is 1. The van der Waals surface area contributed by atoms with Gasteiger partial charge >= 0.3 is 0 Å². The van der Waals surface area contributed by atoms with Crippen LogP contribution in [0.2, 0.25) is 0 Å². The number of aliphatic hydroxyl groups excluding tert-OH is 1. The molecule has 1 heterocycles. The van der Waals surface area contributed by atoms with Gasteiger partial charge in [0, 0.05) is 18.3 Å². The van der Waals surface area contributed by atoms with Gasteiger partial charge in [0.1, 0.15) is 5.82 Å². The van der Waals surface area contributed by atoms with Crippen LogP contribution in [0.25, 0.3) is 0 Å². The summed E-state index contributed by atoms with van der Waals surface area (Å²) in [5.41, 5.74) is 2.67. The van der Waals surface area contributed by atoms with Gasteiger partial charge in [0.15, 0.2) is 0 Å². The number of hydrogen-bond acceptors (Lipinski definition) is 2. The van der Waals surface area contributed by atoms with Crippen LogP contribution in [-0.2, 0) is 6.42 Å². The highest BCUT2D eigenvalue weighted by molar-refractivity contribution is 5.23. The van der Waals surface area contributed by atoms with Crippen molar-refractivity contribution in [3.8, 4) is 0 Å². The van der Waals surface area contributed by atoms with Gasteiger partial charge in [0.05, 0.1) is 6.10 Å². The highest BCUT2D eigenvalue weighted by Gasteiger charge is 2.08. The molecule has 1 N–H and O–H groups in total. The molecule has 1 aromatic carbocycles. The molecule has 0 saturated heterocycles. The van der Waals surface area contributed by atoms with Crippen LogP contribution in [0.15, 0.2) is 42.6 Å². The number of hydrogen-bond donors (Lipinski definition) is 1. The van der Waals surface area contributed by atoms with Gasteiger partial charge in [0.25, 0.3) is 0 Å². The van der Waals surface area contributed by atoms with E-state index in [9.17, 15) is 9.50 Å². The third-order valence-corrected chi connectivity index (χ3v) is 2.64. The molecule has 0 aliphatic rings. The summed E-state index contributed by atoms with van der Waals surface area (Å²) in [6, 6.07) is 9.74. The molecule has 2 nitrogen and oxygen atoms in total. The number of aryl methyl sites for hydroxylation is 1. The smallest absolute Gasteiger partial charge is 0.123 e. The second kappa shape index (κ2) is 5.06. The van der Waals surface area contributed by atoms with Gasteiger partial charge in [-0.2, -0.15) is 0 Å². The van der Waals surface area contributed by atoms with Crippen LogP contribution in [0.1, 0.15) is 22.9 Å². The quantitative estimate of drug-likeness (QED) is 0.881. The zero-order chi connectivity index (χ0) is 12.3. The predicted octanol–water partition coefficient (Wildman–Crippen LogP) is 2.81. The largest absolute Gasteiger partial charge is 0.388 e. The Morgan fingerprint density at radius 1 is 1.24 bits per heavy atom. The molecule has 1 atom stereocenters. The Balaban J connectivity index is 2.11. The highest BCUT2D eigenvalue weighted by Crippen LogP contribution is 2.18. The standard InChI is InChI=1S/C14H14FNO/c1-10-8-11(6-7-16-10)9-14(17)12-2-4-13(15)5-3-12/h2-8,14,17H,9H2,1H3. The van der Waals surface area contributed by atoms with Crippen molar-refractivity contribution in [2.45, 2.75) is 19.4 Å². The molecule has 88 valence electrons. The summed E-state index contributed by atoms with van der Waals surface area (Å²) < 4.78 is 12.7. The molecule has 3 heteroatoms. The van der Waals surface area contributed by atoms with Crippen molar-refractivity contribution in [3.63, 3.8) is 0 Å².